The average molecular weight is 244 g/mol. The lowest BCUT2D eigenvalue weighted by Gasteiger charge is -2.37. The van der Waals surface area contributed by atoms with Gasteiger partial charge in [-0.15, -0.1) is 0 Å². The molecule has 1 saturated carbocycles. The molecule has 1 aliphatic carbocycles. The minimum Gasteiger partial charge on any atom is -0.469 e. The number of rotatable bonds is 4. The molecule has 0 aromatic carbocycles. The molecule has 1 amide bonds. The summed E-state index contributed by atoms with van der Waals surface area (Å²) < 4.78 is 4.66. The number of ether oxygens (including phenoxy) is 1. The highest BCUT2D eigenvalue weighted by Gasteiger charge is 2.43. The Balaban J connectivity index is 2.80. The molecule has 0 aromatic heterocycles. The Kier molecular flexibility index (Phi) is 4.89. The van der Waals surface area contributed by atoms with Crippen molar-refractivity contribution in [2.24, 2.45) is 11.8 Å². The number of hydrogen-bond donors (Lipinski definition) is 3. The lowest BCUT2D eigenvalue weighted by molar-refractivity contribution is -0.161. The van der Waals surface area contributed by atoms with Crippen molar-refractivity contribution >= 4 is 11.9 Å². The molecule has 17 heavy (non-hydrogen) atoms. The Hall–Kier alpha value is -1.14. The SMILES string of the molecule is COC(=O)[C@H](CC(=O)NN)C1(O)CCCCC1. The van der Waals surface area contributed by atoms with Crippen molar-refractivity contribution in [3.05, 3.63) is 0 Å². The standard InChI is InChI=1S/C11H20N2O4/c1-17-10(15)8(7-9(14)13-12)11(16)5-3-2-4-6-11/h8,16H,2-7,12H2,1H3,(H,13,14)/t8-/m0/s1. The quantitative estimate of drug-likeness (QED) is 0.276. The molecule has 4 N–H and O–H groups in total. The minimum absolute atomic E-state index is 0.139. The molecule has 98 valence electrons. The van der Waals surface area contributed by atoms with Crippen LogP contribution in [0.5, 0.6) is 0 Å². The topological polar surface area (TPSA) is 102 Å². The van der Waals surface area contributed by atoms with E-state index in [2.05, 4.69) is 4.74 Å². The summed E-state index contributed by atoms with van der Waals surface area (Å²) in [6.07, 6.45) is 3.65. The van der Waals surface area contributed by atoms with Gasteiger partial charge in [-0.2, -0.15) is 0 Å². The second-order valence-electron chi connectivity index (χ2n) is 4.51. The lowest BCUT2D eigenvalue weighted by Crippen LogP contribution is -2.47. The van der Waals surface area contributed by atoms with Crippen molar-refractivity contribution in [2.45, 2.75) is 44.1 Å². The molecule has 0 bridgehead atoms. The Labute approximate surface area is 100 Å². The van der Waals surface area contributed by atoms with E-state index >= 15 is 0 Å². The fourth-order valence-electron chi connectivity index (χ4n) is 2.39. The molecule has 1 rings (SSSR count). The van der Waals surface area contributed by atoms with E-state index in [9.17, 15) is 14.7 Å². The molecular weight excluding hydrogens is 224 g/mol. The smallest absolute Gasteiger partial charge is 0.312 e. The number of aliphatic hydroxyl groups is 1. The van der Waals surface area contributed by atoms with Gasteiger partial charge in [-0.05, 0) is 12.8 Å². The maximum absolute atomic E-state index is 11.7. The number of hydrogen-bond acceptors (Lipinski definition) is 5. The van der Waals surface area contributed by atoms with E-state index in [1.807, 2.05) is 5.43 Å². The normalized spacial score (nSPS) is 20.4. The van der Waals surface area contributed by atoms with Crippen molar-refractivity contribution in [1.82, 2.24) is 5.43 Å². The van der Waals surface area contributed by atoms with Crippen LogP contribution in [-0.4, -0.2) is 29.7 Å². The fraction of sp³-hybridized carbons (Fsp3) is 0.818. The highest BCUT2D eigenvalue weighted by molar-refractivity contribution is 5.83. The first-order valence-corrected chi connectivity index (χ1v) is 5.83. The van der Waals surface area contributed by atoms with Crippen molar-refractivity contribution in [3.63, 3.8) is 0 Å². The summed E-state index contributed by atoms with van der Waals surface area (Å²) in [4.78, 5) is 22.9. The number of nitrogens with two attached hydrogens (primary N) is 1. The first-order valence-electron chi connectivity index (χ1n) is 5.83. The number of carbonyl (C=O) groups excluding carboxylic acids is 2. The molecule has 0 spiro atoms. The average Bonchev–Trinajstić information content (AvgIpc) is 2.35. The van der Waals surface area contributed by atoms with E-state index in [1.54, 1.807) is 0 Å². The number of carbonyl (C=O) groups is 2. The van der Waals surface area contributed by atoms with Gasteiger partial charge in [0.15, 0.2) is 0 Å². The predicted molar refractivity (Wildman–Crippen MR) is 60.5 cm³/mol. The highest BCUT2D eigenvalue weighted by Crippen LogP contribution is 2.36. The number of esters is 1. The van der Waals surface area contributed by atoms with Crippen LogP contribution in [0.15, 0.2) is 0 Å². The molecule has 1 atom stereocenters. The summed E-state index contributed by atoms with van der Waals surface area (Å²) in [5.74, 6) is 3.13. The number of nitrogens with one attached hydrogen (secondary N) is 1. The first-order chi connectivity index (χ1) is 8.03. The zero-order valence-corrected chi connectivity index (χ0v) is 10.1. The Morgan fingerprint density at radius 3 is 2.47 bits per heavy atom. The summed E-state index contributed by atoms with van der Waals surface area (Å²) >= 11 is 0. The second-order valence-corrected chi connectivity index (χ2v) is 4.51. The molecule has 6 nitrogen and oxygen atoms in total. The van der Waals surface area contributed by atoms with Gasteiger partial charge in [0.05, 0.1) is 18.6 Å². The molecule has 0 aromatic rings. The van der Waals surface area contributed by atoms with E-state index in [0.29, 0.717) is 12.8 Å². The van der Waals surface area contributed by atoms with Crippen LogP contribution in [0.25, 0.3) is 0 Å². The molecule has 0 unspecified atom stereocenters. The lowest BCUT2D eigenvalue weighted by atomic mass is 9.74. The van der Waals surface area contributed by atoms with Gasteiger partial charge < -0.3 is 9.84 Å². The third-order valence-electron chi connectivity index (χ3n) is 3.40. The third kappa shape index (κ3) is 3.41. The van der Waals surface area contributed by atoms with E-state index in [0.717, 1.165) is 19.3 Å². The van der Waals surface area contributed by atoms with Crippen LogP contribution in [0.3, 0.4) is 0 Å². The molecular formula is C11H20N2O4. The molecule has 1 aliphatic rings. The van der Waals surface area contributed by atoms with Crippen LogP contribution in [0.2, 0.25) is 0 Å². The van der Waals surface area contributed by atoms with Crippen LogP contribution < -0.4 is 11.3 Å². The van der Waals surface area contributed by atoms with Gasteiger partial charge in [0, 0.05) is 6.42 Å². The van der Waals surface area contributed by atoms with Crippen molar-refractivity contribution < 1.29 is 19.4 Å². The Morgan fingerprint density at radius 2 is 2.00 bits per heavy atom. The van der Waals surface area contributed by atoms with Crippen LogP contribution in [0.4, 0.5) is 0 Å². The molecule has 6 heteroatoms. The van der Waals surface area contributed by atoms with Gasteiger partial charge in [0.1, 0.15) is 0 Å². The predicted octanol–water partition coefficient (Wildman–Crippen LogP) is -0.149. The van der Waals surface area contributed by atoms with E-state index < -0.39 is 23.4 Å². The van der Waals surface area contributed by atoms with Gasteiger partial charge in [-0.3, -0.25) is 15.0 Å². The first kappa shape index (κ1) is 13.9. The number of amides is 1. The summed E-state index contributed by atoms with van der Waals surface area (Å²) in [5.41, 5.74) is 0.832. The second kappa shape index (κ2) is 5.97. The fourth-order valence-corrected chi connectivity index (χ4v) is 2.39. The molecule has 0 radical (unpaired) electrons. The molecule has 0 saturated heterocycles. The van der Waals surface area contributed by atoms with E-state index in [1.165, 1.54) is 7.11 Å². The third-order valence-corrected chi connectivity index (χ3v) is 3.40. The van der Waals surface area contributed by atoms with Gasteiger partial charge in [0.25, 0.3) is 0 Å². The van der Waals surface area contributed by atoms with Gasteiger partial charge in [-0.1, -0.05) is 19.3 Å². The molecule has 1 fully saturated rings. The van der Waals surface area contributed by atoms with Crippen LogP contribution in [0, 0.1) is 5.92 Å². The van der Waals surface area contributed by atoms with E-state index in [-0.39, 0.29) is 6.42 Å². The maximum atomic E-state index is 11.7. The minimum atomic E-state index is -1.14. The van der Waals surface area contributed by atoms with Crippen molar-refractivity contribution in [3.8, 4) is 0 Å². The number of hydrazine groups is 1. The Bertz CT molecular complexity index is 287. The zero-order chi connectivity index (χ0) is 12.9. The van der Waals surface area contributed by atoms with Crippen LogP contribution in [-0.2, 0) is 14.3 Å². The van der Waals surface area contributed by atoms with E-state index in [4.69, 9.17) is 5.84 Å². The zero-order valence-electron chi connectivity index (χ0n) is 10.1. The largest absolute Gasteiger partial charge is 0.469 e. The molecule has 0 heterocycles. The highest BCUT2D eigenvalue weighted by atomic mass is 16.5. The monoisotopic (exact) mass is 244 g/mol. The number of methoxy groups -OCH3 is 1. The summed E-state index contributed by atoms with van der Waals surface area (Å²) in [6.45, 7) is 0. The maximum Gasteiger partial charge on any atom is 0.312 e. The van der Waals surface area contributed by atoms with Crippen molar-refractivity contribution in [1.29, 1.82) is 0 Å². The summed E-state index contributed by atoms with van der Waals surface area (Å²) in [6, 6.07) is 0. The van der Waals surface area contributed by atoms with Crippen molar-refractivity contribution in [2.75, 3.05) is 7.11 Å². The van der Waals surface area contributed by atoms with Crippen LogP contribution >= 0.6 is 0 Å². The summed E-state index contributed by atoms with van der Waals surface area (Å²) in [7, 11) is 1.25. The molecule has 0 aliphatic heterocycles. The summed E-state index contributed by atoms with van der Waals surface area (Å²) in [5, 5.41) is 10.5. The van der Waals surface area contributed by atoms with Crippen LogP contribution in [0.1, 0.15) is 38.5 Å². The van der Waals surface area contributed by atoms with Gasteiger partial charge in [-0.25, -0.2) is 5.84 Å². The van der Waals surface area contributed by atoms with Gasteiger partial charge >= 0.3 is 5.97 Å². The van der Waals surface area contributed by atoms with Gasteiger partial charge in [0.2, 0.25) is 5.91 Å². The Morgan fingerprint density at radius 1 is 1.41 bits per heavy atom.